The maximum atomic E-state index is 3.53. The largest absolute Gasteiger partial charge is 0.316 e. The molecule has 2 heteroatoms. The van der Waals surface area contributed by atoms with E-state index in [1.54, 1.807) is 0 Å². The van der Waals surface area contributed by atoms with E-state index in [1.807, 2.05) is 11.3 Å². The van der Waals surface area contributed by atoms with Crippen LogP contribution in [-0.4, -0.2) is 13.1 Å². The zero-order chi connectivity index (χ0) is 12.8. The topological polar surface area (TPSA) is 12.0 Å². The van der Waals surface area contributed by atoms with Gasteiger partial charge in [0.25, 0.3) is 0 Å². The smallest absolute Gasteiger partial charge is 0.0345 e. The highest BCUT2D eigenvalue weighted by Crippen LogP contribution is 2.54. The zero-order valence-corrected chi connectivity index (χ0v) is 12.2. The number of thiophene rings is 1. The monoisotopic (exact) mass is 259 g/mol. The summed E-state index contributed by atoms with van der Waals surface area (Å²) in [6.45, 7) is 4.77. The molecule has 0 saturated heterocycles. The summed E-state index contributed by atoms with van der Waals surface area (Å²) in [6, 6.07) is 9.37. The number of hydrogen-bond donors (Lipinski definition) is 1. The molecule has 96 valence electrons. The molecule has 0 amide bonds. The van der Waals surface area contributed by atoms with Gasteiger partial charge in [-0.25, -0.2) is 0 Å². The maximum absolute atomic E-state index is 3.53. The van der Waals surface area contributed by atoms with Crippen LogP contribution in [-0.2, 0) is 6.42 Å². The van der Waals surface area contributed by atoms with Crippen LogP contribution < -0.4 is 5.32 Å². The van der Waals surface area contributed by atoms with E-state index in [9.17, 15) is 0 Å². The molecule has 0 spiro atoms. The third-order valence-electron chi connectivity index (χ3n) is 4.45. The van der Waals surface area contributed by atoms with Crippen LogP contribution in [0.15, 0.2) is 29.6 Å². The Labute approximate surface area is 113 Å². The number of nitrogens with one attached hydrogen (secondary N) is 1. The first kappa shape index (κ1) is 12.2. The van der Waals surface area contributed by atoms with Gasteiger partial charge in [-0.1, -0.05) is 32.0 Å². The summed E-state index contributed by atoms with van der Waals surface area (Å²) in [7, 11) is 2.10. The number of hydrogen-bond acceptors (Lipinski definition) is 2. The predicted molar refractivity (Wildman–Crippen MR) is 80.3 cm³/mol. The van der Waals surface area contributed by atoms with Gasteiger partial charge >= 0.3 is 0 Å². The molecule has 1 aliphatic rings. The van der Waals surface area contributed by atoms with Crippen molar-refractivity contribution in [2.75, 3.05) is 7.05 Å². The summed E-state index contributed by atoms with van der Waals surface area (Å²) >= 11 is 1.87. The Kier molecular flexibility index (Phi) is 2.95. The molecular formula is C16H21NS. The first-order valence-electron chi connectivity index (χ1n) is 6.74. The van der Waals surface area contributed by atoms with Crippen molar-refractivity contribution >= 4 is 21.4 Å². The van der Waals surface area contributed by atoms with Crippen LogP contribution in [0.25, 0.3) is 10.1 Å². The molecule has 0 radical (unpaired) electrons. The fourth-order valence-corrected chi connectivity index (χ4v) is 4.04. The lowest BCUT2D eigenvalue weighted by Gasteiger charge is -2.17. The van der Waals surface area contributed by atoms with Gasteiger partial charge in [-0.15, -0.1) is 11.3 Å². The average molecular weight is 259 g/mol. The first-order chi connectivity index (χ1) is 8.62. The van der Waals surface area contributed by atoms with Crippen molar-refractivity contribution < 1.29 is 0 Å². The van der Waals surface area contributed by atoms with Crippen LogP contribution in [0.5, 0.6) is 0 Å². The van der Waals surface area contributed by atoms with Crippen molar-refractivity contribution in [3.8, 4) is 0 Å². The van der Waals surface area contributed by atoms with Gasteiger partial charge in [0.15, 0.2) is 0 Å². The molecule has 2 unspecified atom stereocenters. The second kappa shape index (κ2) is 4.36. The van der Waals surface area contributed by atoms with Crippen LogP contribution in [0.3, 0.4) is 0 Å². The molecule has 1 aliphatic carbocycles. The number of rotatable bonds is 4. The van der Waals surface area contributed by atoms with Gasteiger partial charge in [0.05, 0.1) is 0 Å². The van der Waals surface area contributed by atoms with Crippen molar-refractivity contribution in [3.05, 3.63) is 35.2 Å². The molecule has 0 aliphatic heterocycles. The van der Waals surface area contributed by atoms with Crippen LogP contribution in [0, 0.1) is 11.3 Å². The standard InChI is InChI=1S/C16H21NS/c1-16(2)9-13(16)14(17-3)8-11-10-18-15-7-5-4-6-12(11)15/h4-7,10,13-14,17H,8-9H2,1-3H3. The van der Waals surface area contributed by atoms with E-state index >= 15 is 0 Å². The van der Waals surface area contributed by atoms with Gasteiger partial charge in [-0.05, 0) is 53.6 Å². The lowest BCUT2D eigenvalue weighted by Crippen LogP contribution is -2.31. The Balaban J connectivity index is 1.83. The van der Waals surface area contributed by atoms with Crippen molar-refractivity contribution in [1.82, 2.24) is 5.32 Å². The van der Waals surface area contributed by atoms with Gasteiger partial charge in [0.2, 0.25) is 0 Å². The Morgan fingerprint density at radius 1 is 1.39 bits per heavy atom. The van der Waals surface area contributed by atoms with E-state index in [0.717, 1.165) is 12.3 Å². The van der Waals surface area contributed by atoms with E-state index in [-0.39, 0.29) is 0 Å². The molecule has 1 fully saturated rings. The predicted octanol–water partition coefficient (Wildman–Crippen LogP) is 4.08. The highest BCUT2D eigenvalue weighted by Gasteiger charge is 2.49. The molecule has 2 atom stereocenters. The summed E-state index contributed by atoms with van der Waals surface area (Å²) < 4.78 is 1.41. The van der Waals surface area contributed by atoms with Crippen LogP contribution in [0.1, 0.15) is 25.8 Å². The van der Waals surface area contributed by atoms with Gasteiger partial charge in [-0.3, -0.25) is 0 Å². The van der Waals surface area contributed by atoms with E-state index in [4.69, 9.17) is 0 Å². The Bertz CT molecular complexity index is 555. The molecule has 1 N–H and O–H groups in total. The van der Waals surface area contributed by atoms with E-state index in [1.165, 1.54) is 22.1 Å². The van der Waals surface area contributed by atoms with E-state index in [2.05, 4.69) is 55.9 Å². The Morgan fingerprint density at radius 3 is 2.78 bits per heavy atom. The summed E-state index contributed by atoms with van der Waals surface area (Å²) in [6.07, 6.45) is 2.52. The number of fused-ring (bicyclic) bond motifs is 1. The molecule has 3 rings (SSSR count). The molecule has 0 bridgehead atoms. The first-order valence-corrected chi connectivity index (χ1v) is 7.62. The van der Waals surface area contributed by atoms with Crippen molar-refractivity contribution in [3.63, 3.8) is 0 Å². The highest BCUT2D eigenvalue weighted by molar-refractivity contribution is 7.17. The van der Waals surface area contributed by atoms with Gasteiger partial charge in [0, 0.05) is 10.7 Å². The average Bonchev–Trinajstić information content (AvgIpc) is 2.83. The summed E-state index contributed by atoms with van der Waals surface area (Å²) in [5.41, 5.74) is 2.05. The number of likely N-dealkylation sites (N-methyl/N-ethyl adjacent to an activating group) is 1. The van der Waals surface area contributed by atoms with Crippen molar-refractivity contribution in [2.24, 2.45) is 11.3 Å². The lowest BCUT2D eigenvalue weighted by atomic mass is 9.97. The third kappa shape index (κ3) is 2.08. The maximum Gasteiger partial charge on any atom is 0.0345 e. The molecule has 1 aromatic carbocycles. The minimum Gasteiger partial charge on any atom is -0.316 e. The summed E-state index contributed by atoms with van der Waals surface area (Å²) in [5, 5.41) is 7.31. The SMILES string of the molecule is CNC(Cc1csc2ccccc12)C1CC1(C)C. The fraction of sp³-hybridized carbons (Fsp3) is 0.500. The molecule has 1 aromatic heterocycles. The van der Waals surface area contributed by atoms with Crippen LogP contribution in [0.4, 0.5) is 0 Å². The second-order valence-electron chi connectivity index (χ2n) is 6.16. The van der Waals surface area contributed by atoms with Crippen molar-refractivity contribution in [2.45, 2.75) is 32.7 Å². The lowest BCUT2D eigenvalue weighted by molar-refractivity contribution is 0.427. The Hall–Kier alpha value is -0.860. The summed E-state index contributed by atoms with van der Waals surface area (Å²) in [5.74, 6) is 0.834. The zero-order valence-electron chi connectivity index (χ0n) is 11.4. The van der Waals surface area contributed by atoms with Gasteiger partial charge in [-0.2, -0.15) is 0 Å². The molecular weight excluding hydrogens is 238 g/mol. The highest BCUT2D eigenvalue weighted by atomic mass is 32.1. The molecule has 18 heavy (non-hydrogen) atoms. The number of benzene rings is 1. The molecule has 2 aromatic rings. The van der Waals surface area contributed by atoms with E-state index in [0.29, 0.717) is 11.5 Å². The molecule has 1 heterocycles. The third-order valence-corrected chi connectivity index (χ3v) is 5.46. The summed E-state index contributed by atoms with van der Waals surface area (Å²) in [4.78, 5) is 0. The van der Waals surface area contributed by atoms with Crippen molar-refractivity contribution in [1.29, 1.82) is 0 Å². The quantitative estimate of drug-likeness (QED) is 0.872. The van der Waals surface area contributed by atoms with Crippen LogP contribution >= 0.6 is 11.3 Å². The van der Waals surface area contributed by atoms with E-state index < -0.39 is 0 Å². The minimum absolute atomic E-state index is 0.541. The molecule has 1 nitrogen and oxygen atoms in total. The minimum atomic E-state index is 0.541. The van der Waals surface area contributed by atoms with Gasteiger partial charge in [0.1, 0.15) is 0 Å². The Morgan fingerprint density at radius 2 is 2.11 bits per heavy atom. The normalized spacial score (nSPS) is 23.2. The fourth-order valence-electron chi connectivity index (χ4n) is 3.07. The van der Waals surface area contributed by atoms with Gasteiger partial charge < -0.3 is 5.32 Å². The molecule has 1 saturated carbocycles. The second-order valence-corrected chi connectivity index (χ2v) is 7.07. The van der Waals surface area contributed by atoms with Crippen LogP contribution in [0.2, 0.25) is 0 Å².